The van der Waals surface area contributed by atoms with Crippen LogP contribution in [-0.2, 0) is 6.54 Å². The van der Waals surface area contributed by atoms with E-state index < -0.39 is 0 Å². The average Bonchev–Trinajstić information content (AvgIpc) is 3.06. The molecule has 0 amide bonds. The molecule has 16 heavy (non-hydrogen) atoms. The molecule has 0 aliphatic heterocycles. The molecule has 2 N–H and O–H groups in total. The van der Waals surface area contributed by atoms with Crippen LogP contribution in [0.3, 0.4) is 0 Å². The standard InChI is InChI=1S/C13H21N3/c1-2-8-16(9-11-5-6-11)10-13-12(14)4-3-7-15-13/h3-4,7,11H,2,5-6,8-10,14H2,1H3. The first kappa shape index (κ1) is 11.4. The quantitative estimate of drug-likeness (QED) is 0.798. The highest BCUT2D eigenvalue weighted by Gasteiger charge is 2.24. The summed E-state index contributed by atoms with van der Waals surface area (Å²) >= 11 is 0. The number of nitrogens with zero attached hydrogens (tertiary/aromatic N) is 2. The lowest BCUT2D eigenvalue weighted by Gasteiger charge is -2.21. The molecule has 3 heteroatoms. The summed E-state index contributed by atoms with van der Waals surface area (Å²) in [6.07, 6.45) is 5.82. The Morgan fingerprint density at radius 1 is 1.50 bits per heavy atom. The molecular weight excluding hydrogens is 198 g/mol. The maximum Gasteiger partial charge on any atom is 0.0772 e. The van der Waals surface area contributed by atoms with Crippen LogP contribution < -0.4 is 5.73 Å². The Kier molecular flexibility index (Phi) is 3.78. The second kappa shape index (κ2) is 5.30. The molecule has 0 unspecified atom stereocenters. The van der Waals surface area contributed by atoms with Crippen LogP contribution in [0.4, 0.5) is 5.69 Å². The lowest BCUT2D eigenvalue weighted by Crippen LogP contribution is -2.27. The van der Waals surface area contributed by atoms with Gasteiger partial charge >= 0.3 is 0 Å². The third kappa shape index (κ3) is 3.20. The molecule has 0 saturated heterocycles. The van der Waals surface area contributed by atoms with Crippen molar-refractivity contribution in [2.24, 2.45) is 5.92 Å². The van der Waals surface area contributed by atoms with E-state index in [0.717, 1.165) is 30.4 Å². The van der Waals surface area contributed by atoms with E-state index >= 15 is 0 Å². The molecule has 1 aliphatic carbocycles. The number of hydrogen-bond donors (Lipinski definition) is 1. The first-order valence-electron chi connectivity index (χ1n) is 6.21. The predicted molar refractivity (Wildman–Crippen MR) is 66.9 cm³/mol. The first-order chi connectivity index (χ1) is 7.79. The van der Waals surface area contributed by atoms with Crippen molar-refractivity contribution in [3.63, 3.8) is 0 Å². The molecule has 0 spiro atoms. The fourth-order valence-corrected chi connectivity index (χ4v) is 2.01. The van der Waals surface area contributed by atoms with Gasteiger partial charge in [0.05, 0.1) is 11.4 Å². The minimum atomic E-state index is 0.819. The number of hydrogen-bond acceptors (Lipinski definition) is 3. The number of pyridine rings is 1. The third-order valence-electron chi connectivity index (χ3n) is 3.05. The Labute approximate surface area is 97.7 Å². The van der Waals surface area contributed by atoms with Crippen molar-refractivity contribution < 1.29 is 0 Å². The highest BCUT2D eigenvalue weighted by atomic mass is 15.1. The number of anilines is 1. The van der Waals surface area contributed by atoms with Crippen molar-refractivity contribution in [1.82, 2.24) is 9.88 Å². The normalized spacial score (nSPS) is 15.6. The van der Waals surface area contributed by atoms with Crippen LogP contribution in [0.15, 0.2) is 18.3 Å². The Morgan fingerprint density at radius 3 is 2.94 bits per heavy atom. The summed E-state index contributed by atoms with van der Waals surface area (Å²) < 4.78 is 0. The summed E-state index contributed by atoms with van der Waals surface area (Å²) in [5.74, 6) is 0.927. The van der Waals surface area contributed by atoms with Crippen molar-refractivity contribution in [3.8, 4) is 0 Å². The molecule has 1 heterocycles. The minimum absolute atomic E-state index is 0.819. The van der Waals surface area contributed by atoms with Crippen molar-refractivity contribution >= 4 is 5.69 Å². The topological polar surface area (TPSA) is 42.2 Å². The van der Waals surface area contributed by atoms with Gasteiger partial charge in [0.2, 0.25) is 0 Å². The Bertz CT molecular complexity index is 334. The zero-order valence-electron chi connectivity index (χ0n) is 10.0. The van der Waals surface area contributed by atoms with Gasteiger partial charge in [-0.15, -0.1) is 0 Å². The van der Waals surface area contributed by atoms with Gasteiger partial charge in [-0.25, -0.2) is 0 Å². The van der Waals surface area contributed by atoms with Crippen molar-refractivity contribution in [3.05, 3.63) is 24.0 Å². The van der Waals surface area contributed by atoms with Gasteiger partial charge in [-0.2, -0.15) is 0 Å². The van der Waals surface area contributed by atoms with E-state index in [-0.39, 0.29) is 0 Å². The van der Waals surface area contributed by atoms with Crippen LogP contribution in [0.1, 0.15) is 31.9 Å². The SMILES string of the molecule is CCCN(Cc1ncccc1N)CC1CC1. The molecule has 0 bridgehead atoms. The molecule has 0 atom stereocenters. The summed E-state index contributed by atoms with van der Waals surface area (Å²) in [6.45, 7) is 5.48. The van der Waals surface area contributed by atoms with Gasteiger partial charge in [0.15, 0.2) is 0 Å². The van der Waals surface area contributed by atoms with Gasteiger partial charge < -0.3 is 5.73 Å². The second-order valence-corrected chi connectivity index (χ2v) is 4.72. The van der Waals surface area contributed by atoms with Crippen molar-refractivity contribution in [1.29, 1.82) is 0 Å². The van der Waals surface area contributed by atoms with Gasteiger partial charge in [0.1, 0.15) is 0 Å². The maximum absolute atomic E-state index is 5.92. The summed E-state index contributed by atoms with van der Waals surface area (Å²) in [6, 6.07) is 3.83. The molecule has 88 valence electrons. The molecule has 1 aliphatic rings. The lowest BCUT2D eigenvalue weighted by molar-refractivity contribution is 0.252. The second-order valence-electron chi connectivity index (χ2n) is 4.72. The molecule has 3 nitrogen and oxygen atoms in total. The molecule has 0 radical (unpaired) electrons. The predicted octanol–water partition coefficient (Wildman–Crippen LogP) is 2.29. The van der Waals surface area contributed by atoms with Crippen molar-refractivity contribution in [2.75, 3.05) is 18.8 Å². The highest BCUT2D eigenvalue weighted by Crippen LogP contribution is 2.30. The van der Waals surface area contributed by atoms with Crippen LogP contribution in [-0.4, -0.2) is 23.0 Å². The summed E-state index contributed by atoms with van der Waals surface area (Å²) in [7, 11) is 0. The van der Waals surface area contributed by atoms with E-state index in [4.69, 9.17) is 5.73 Å². The monoisotopic (exact) mass is 219 g/mol. The molecule has 1 aromatic rings. The van der Waals surface area contributed by atoms with Crippen LogP contribution in [0.2, 0.25) is 0 Å². The average molecular weight is 219 g/mol. The first-order valence-corrected chi connectivity index (χ1v) is 6.21. The largest absolute Gasteiger partial charge is 0.397 e. The fraction of sp³-hybridized carbons (Fsp3) is 0.615. The van der Waals surface area contributed by atoms with E-state index in [0.29, 0.717) is 0 Å². The van der Waals surface area contributed by atoms with E-state index in [2.05, 4.69) is 16.8 Å². The Balaban J connectivity index is 1.95. The lowest BCUT2D eigenvalue weighted by atomic mass is 10.2. The zero-order valence-corrected chi connectivity index (χ0v) is 10.0. The Morgan fingerprint density at radius 2 is 2.31 bits per heavy atom. The molecule has 1 aromatic heterocycles. The van der Waals surface area contributed by atoms with Gasteiger partial charge in [-0.05, 0) is 43.9 Å². The van der Waals surface area contributed by atoms with Crippen LogP contribution >= 0.6 is 0 Å². The van der Waals surface area contributed by atoms with E-state index in [1.165, 1.54) is 25.8 Å². The van der Waals surface area contributed by atoms with Gasteiger partial charge in [0.25, 0.3) is 0 Å². The van der Waals surface area contributed by atoms with Gasteiger partial charge in [0, 0.05) is 19.3 Å². The number of nitrogens with two attached hydrogens (primary N) is 1. The highest BCUT2D eigenvalue weighted by molar-refractivity contribution is 5.41. The van der Waals surface area contributed by atoms with Crippen molar-refractivity contribution in [2.45, 2.75) is 32.7 Å². The summed E-state index contributed by atoms with van der Waals surface area (Å²) in [4.78, 5) is 6.84. The summed E-state index contributed by atoms with van der Waals surface area (Å²) in [5.41, 5.74) is 7.77. The molecule has 1 saturated carbocycles. The molecule has 2 rings (SSSR count). The van der Waals surface area contributed by atoms with Gasteiger partial charge in [-0.1, -0.05) is 6.92 Å². The fourth-order valence-electron chi connectivity index (χ4n) is 2.01. The maximum atomic E-state index is 5.92. The number of nitrogen functional groups attached to an aromatic ring is 1. The molecule has 1 fully saturated rings. The number of aromatic nitrogens is 1. The molecular formula is C13H21N3. The van der Waals surface area contributed by atoms with E-state index in [9.17, 15) is 0 Å². The zero-order chi connectivity index (χ0) is 11.4. The summed E-state index contributed by atoms with van der Waals surface area (Å²) in [5, 5.41) is 0. The smallest absolute Gasteiger partial charge is 0.0772 e. The van der Waals surface area contributed by atoms with Crippen LogP contribution in [0.5, 0.6) is 0 Å². The van der Waals surface area contributed by atoms with E-state index in [1.54, 1.807) is 0 Å². The van der Waals surface area contributed by atoms with Crippen LogP contribution in [0, 0.1) is 5.92 Å². The minimum Gasteiger partial charge on any atom is -0.397 e. The van der Waals surface area contributed by atoms with Gasteiger partial charge in [-0.3, -0.25) is 9.88 Å². The molecule has 0 aromatic carbocycles. The Hall–Kier alpha value is -1.09. The van der Waals surface area contributed by atoms with Crippen LogP contribution in [0.25, 0.3) is 0 Å². The third-order valence-corrected chi connectivity index (χ3v) is 3.05. The number of rotatable bonds is 6. The van der Waals surface area contributed by atoms with E-state index in [1.807, 2.05) is 18.3 Å².